The summed E-state index contributed by atoms with van der Waals surface area (Å²) in [7, 11) is 0. The number of alkyl halides is 5. The molecule has 3 heterocycles. The highest BCUT2D eigenvalue weighted by molar-refractivity contribution is 5.95. The van der Waals surface area contributed by atoms with E-state index in [-0.39, 0.29) is 55.9 Å². The molecule has 2 aliphatic rings. The van der Waals surface area contributed by atoms with Crippen LogP contribution in [0.3, 0.4) is 0 Å². The standard InChI is InChI=1S/C26H27F5N4O4/c1-2-17-16(12-38-35-17)23(37)34-21(14-5-7-25(27,28)8-6-14)24-32-18-10-13(3-4-19(18)39-24)9-15-11-20(26(29,30)31)33-22(15)36/h3-4,10,12,14-15,20-21H,2,5-9,11H2,1H3,(H,33,36)(H,34,37). The molecule has 3 aromatic rings. The zero-order valence-corrected chi connectivity index (χ0v) is 21.0. The lowest BCUT2D eigenvalue weighted by Crippen LogP contribution is -2.38. The number of nitrogens with one attached hydrogen (secondary N) is 2. The minimum Gasteiger partial charge on any atom is -0.438 e. The molecule has 5 rings (SSSR count). The van der Waals surface area contributed by atoms with E-state index in [4.69, 9.17) is 8.94 Å². The number of carbonyl (C=O) groups excluding carboxylic acids is 2. The molecule has 3 unspecified atom stereocenters. The van der Waals surface area contributed by atoms with Crippen molar-refractivity contribution in [3.63, 3.8) is 0 Å². The summed E-state index contributed by atoms with van der Waals surface area (Å²) in [6.07, 6.45) is -3.48. The van der Waals surface area contributed by atoms with Gasteiger partial charge in [0.25, 0.3) is 5.91 Å². The van der Waals surface area contributed by atoms with Gasteiger partial charge in [-0.25, -0.2) is 13.8 Å². The van der Waals surface area contributed by atoms with Gasteiger partial charge >= 0.3 is 6.18 Å². The number of carbonyl (C=O) groups is 2. The Labute approximate surface area is 219 Å². The van der Waals surface area contributed by atoms with Crippen LogP contribution < -0.4 is 10.6 Å². The van der Waals surface area contributed by atoms with Gasteiger partial charge in [-0.05, 0) is 55.7 Å². The van der Waals surface area contributed by atoms with Crippen LogP contribution in [0.2, 0.25) is 0 Å². The van der Waals surface area contributed by atoms with Gasteiger partial charge in [0.05, 0.1) is 5.69 Å². The molecule has 2 N–H and O–H groups in total. The van der Waals surface area contributed by atoms with Crippen molar-refractivity contribution in [1.82, 2.24) is 20.8 Å². The highest BCUT2D eigenvalue weighted by Gasteiger charge is 2.47. The van der Waals surface area contributed by atoms with E-state index < -0.39 is 41.9 Å². The summed E-state index contributed by atoms with van der Waals surface area (Å²) < 4.78 is 77.7. The van der Waals surface area contributed by atoms with Gasteiger partial charge < -0.3 is 19.6 Å². The fraction of sp³-hybridized carbons (Fsp3) is 0.538. The van der Waals surface area contributed by atoms with E-state index in [0.717, 1.165) is 0 Å². The summed E-state index contributed by atoms with van der Waals surface area (Å²) in [6, 6.07) is 2.18. The number of oxazole rings is 1. The van der Waals surface area contributed by atoms with Gasteiger partial charge in [-0.1, -0.05) is 18.1 Å². The second kappa shape index (κ2) is 10.2. The normalized spacial score (nSPS) is 22.7. The van der Waals surface area contributed by atoms with Crippen molar-refractivity contribution in [3.8, 4) is 0 Å². The first kappa shape index (κ1) is 27.1. The van der Waals surface area contributed by atoms with Crippen molar-refractivity contribution < 1.29 is 40.5 Å². The maximum absolute atomic E-state index is 13.9. The molecule has 210 valence electrons. The van der Waals surface area contributed by atoms with Crippen molar-refractivity contribution in [3.05, 3.63) is 47.2 Å². The summed E-state index contributed by atoms with van der Waals surface area (Å²) in [5.74, 6) is -5.00. The van der Waals surface area contributed by atoms with Crippen LogP contribution in [0.25, 0.3) is 11.1 Å². The van der Waals surface area contributed by atoms with Gasteiger partial charge in [-0.2, -0.15) is 13.2 Å². The summed E-state index contributed by atoms with van der Waals surface area (Å²) >= 11 is 0. The van der Waals surface area contributed by atoms with E-state index in [9.17, 15) is 31.5 Å². The van der Waals surface area contributed by atoms with Crippen molar-refractivity contribution in [2.45, 2.75) is 76.1 Å². The molecule has 1 aliphatic carbocycles. The van der Waals surface area contributed by atoms with E-state index in [2.05, 4.69) is 15.5 Å². The average Bonchev–Trinajstić information content (AvgIpc) is 3.60. The largest absolute Gasteiger partial charge is 0.438 e. The number of aryl methyl sites for hydroxylation is 1. The molecule has 0 bridgehead atoms. The Bertz CT molecular complexity index is 1360. The minimum absolute atomic E-state index is 0.0850. The number of benzene rings is 1. The van der Waals surface area contributed by atoms with Crippen LogP contribution in [0.5, 0.6) is 0 Å². The molecule has 2 amide bonds. The molecule has 39 heavy (non-hydrogen) atoms. The molecule has 1 saturated heterocycles. The molecule has 2 fully saturated rings. The molecule has 1 aromatic carbocycles. The van der Waals surface area contributed by atoms with Gasteiger partial charge in [0.1, 0.15) is 29.4 Å². The monoisotopic (exact) mass is 554 g/mol. The molecule has 13 heteroatoms. The van der Waals surface area contributed by atoms with Gasteiger partial charge in [0.15, 0.2) is 5.58 Å². The van der Waals surface area contributed by atoms with E-state index in [1.165, 1.54) is 6.26 Å². The summed E-state index contributed by atoms with van der Waals surface area (Å²) in [5, 5.41) is 8.68. The first-order valence-corrected chi connectivity index (χ1v) is 12.8. The highest BCUT2D eigenvalue weighted by atomic mass is 19.4. The second-order valence-corrected chi connectivity index (χ2v) is 10.3. The molecule has 1 aliphatic heterocycles. The van der Waals surface area contributed by atoms with E-state index >= 15 is 0 Å². The number of rotatable bonds is 7. The molecule has 1 saturated carbocycles. The predicted molar refractivity (Wildman–Crippen MR) is 127 cm³/mol. The Morgan fingerprint density at radius 2 is 2.00 bits per heavy atom. The molecular weight excluding hydrogens is 527 g/mol. The Morgan fingerprint density at radius 1 is 1.26 bits per heavy atom. The van der Waals surface area contributed by atoms with Gasteiger partial charge in [0.2, 0.25) is 17.7 Å². The van der Waals surface area contributed by atoms with Gasteiger partial charge in [-0.15, -0.1) is 0 Å². The van der Waals surface area contributed by atoms with Crippen molar-refractivity contribution in [2.24, 2.45) is 11.8 Å². The number of aromatic nitrogens is 2. The number of hydrogen-bond donors (Lipinski definition) is 2. The quantitative estimate of drug-likeness (QED) is 0.385. The zero-order valence-electron chi connectivity index (χ0n) is 21.0. The molecule has 0 radical (unpaired) electrons. The lowest BCUT2D eigenvalue weighted by Gasteiger charge is -2.32. The van der Waals surface area contributed by atoms with Crippen LogP contribution in [-0.2, 0) is 17.6 Å². The smallest absolute Gasteiger partial charge is 0.408 e. The Kier molecular flexibility index (Phi) is 7.10. The van der Waals surface area contributed by atoms with Crippen molar-refractivity contribution >= 4 is 22.9 Å². The van der Waals surface area contributed by atoms with E-state index in [1.807, 2.05) is 12.2 Å². The molecule has 3 atom stereocenters. The third-order valence-electron chi connectivity index (χ3n) is 7.56. The number of nitrogens with zero attached hydrogens (tertiary/aromatic N) is 2. The third kappa shape index (κ3) is 5.76. The lowest BCUT2D eigenvalue weighted by atomic mass is 9.82. The number of hydrogen-bond acceptors (Lipinski definition) is 6. The van der Waals surface area contributed by atoms with Crippen LogP contribution in [0.15, 0.2) is 33.4 Å². The van der Waals surface area contributed by atoms with Crippen molar-refractivity contribution in [1.29, 1.82) is 0 Å². The van der Waals surface area contributed by atoms with Crippen LogP contribution >= 0.6 is 0 Å². The van der Waals surface area contributed by atoms with Crippen LogP contribution in [0.1, 0.15) is 72.6 Å². The average molecular weight is 555 g/mol. The van der Waals surface area contributed by atoms with Crippen molar-refractivity contribution in [2.75, 3.05) is 0 Å². The third-order valence-corrected chi connectivity index (χ3v) is 7.56. The lowest BCUT2D eigenvalue weighted by molar-refractivity contribution is -0.154. The predicted octanol–water partition coefficient (Wildman–Crippen LogP) is 5.28. The topological polar surface area (TPSA) is 110 Å². The first-order chi connectivity index (χ1) is 18.4. The van der Waals surface area contributed by atoms with Crippen LogP contribution in [0, 0.1) is 11.8 Å². The minimum atomic E-state index is -4.51. The van der Waals surface area contributed by atoms with Crippen LogP contribution in [-0.4, -0.2) is 40.1 Å². The van der Waals surface area contributed by atoms with E-state index in [1.54, 1.807) is 18.2 Å². The Balaban J connectivity index is 1.39. The summed E-state index contributed by atoms with van der Waals surface area (Å²) in [5.41, 5.74) is 2.02. The fourth-order valence-corrected chi connectivity index (χ4v) is 5.36. The highest BCUT2D eigenvalue weighted by Crippen LogP contribution is 2.42. The van der Waals surface area contributed by atoms with Crippen LogP contribution in [0.4, 0.5) is 22.0 Å². The van der Waals surface area contributed by atoms with E-state index in [0.29, 0.717) is 28.8 Å². The zero-order chi connectivity index (χ0) is 27.9. The Hall–Kier alpha value is -3.51. The maximum Gasteiger partial charge on any atom is 0.408 e. The molecular formula is C26H27F5N4O4. The Morgan fingerprint density at radius 3 is 2.67 bits per heavy atom. The SMILES string of the molecule is CCc1nocc1C(=O)NC(c1nc2cc(CC3CC(C(F)(F)F)NC3=O)ccc2o1)C1CCC(F)(F)CC1. The van der Waals surface area contributed by atoms with Gasteiger partial charge in [0, 0.05) is 18.8 Å². The molecule has 0 spiro atoms. The first-order valence-electron chi connectivity index (χ1n) is 12.8. The fourth-order valence-electron chi connectivity index (χ4n) is 5.36. The second-order valence-electron chi connectivity index (χ2n) is 10.3. The number of amides is 2. The van der Waals surface area contributed by atoms with Gasteiger partial charge in [-0.3, -0.25) is 9.59 Å². The number of fused-ring (bicyclic) bond motifs is 1. The maximum atomic E-state index is 13.9. The number of halogens is 5. The molecule has 8 nitrogen and oxygen atoms in total. The molecule has 2 aromatic heterocycles. The summed E-state index contributed by atoms with van der Waals surface area (Å²) in [4.78, 5) is 29.7. The summed E-state index contributed by atoms with van der Waals surface area (Å²) in [6.45, 7) is 1.81.